The van der Waals surface area contributed by atoms with E-state index in [9.17, 15) is 4.79 Å². The monoisotopic (exact) mass is 257 g/mol. The Morgan fingerprint density at radius 1 is 1.41 bits per heavy atom. The molecule has 0 fully saturated rings. The van der Waals surface area contributed by atoms with E-state index in [0.717, 1.165) is 11.3 Å². The second-order valence-corrected chi connectivity index (χ2v) is 3.89. The molecule has 1 atom stereocenters. The van der Waals surface area contributed by atoms with Crippen LogP contribution in [0.5, 0.6) is 5.75 Å². The molecule has 0 aliphatic heterocycles. The van der Waals surface area contributed by atoms with Gasteiger partial charge in [0.25, 0.3) is 0 Å². The number of halogens is 1. The SMILES string of the molecule is COc1ccc(C[C@H](N)C(=O)OCCCl)cc1. The quantitative estimate of drug-likeness (QED) is 0.617. The van der Waals surface area contributed by atoms with Gasteiger partial charge in [0.15, 0.2) is 0 Å². The minimum atomic E-state index is -0.661. The number of nitrogens with two attached hydrogens (primary N) is 1. The van der Waals surface area contributed by atoms with Crippen LogP contribution in [-0.4, -0.2) is 31.6 Å². The molecule has 1 aromatic carbocycles. The van der Waals surface area contributed by atoms with E-state index in [4.69, 9.17) is 26.8 Å². The minimum Gasteiger partial charge on any atom is -0.497 e. The van der Waals surface area contributed by atoms with Crippen LogP contribution in [0.15, 0.2) is 24.3 Å². The largest absolute Gasteiger partial charge is 0.497 e. The van der Waals surface area contributed by atoms with Gasteiger partial charge in [0.05, 0.1) is 13.0 Å². The molecule has 0 unspecified atom stereocenters. The van der Waals surface area contributed by atoms with Crippen LogP contribution in [0.1, 0.15) is 5.56 Å². The summed E-state index contributed by atoms with van der Waals surface area (Å²) in [6, 6.07) is 6.73. The summed E-state index contributed by atoms with van der Waals surface area (Å²) in [5.41, 5.74) is 6.67. The molecule has 0 bridgehead atoms. The summed E-state index contributed by atoms with van der Waals surface area (Å²) in [7, 11) is 1.60. The highest BCUT2D eigenvalue weighted by Gasteiger charge is 2.15. The van der Waals surface area contributed by atoms with Crippen molar-refractivity contribution in [1.82, 2.24) is 0 Å². The van der Waals surface area contributed by atoms with E-state index in [1.807, 2.05) is 24.3 Å². The Labute approximate surface area is 106 Å². The molecule has 2 N–H and O–H groups in total. The van der Waals surface area contributed by atoms with Gasteiger partial charge in [-0.15, -0.1) is 11.6 Å². The maximum absolute atomic E-state index is 11.4. The van der Waals surface area contributed by atoms with Crippen molar-refractivity contribution in [2.45, 2.75) is 12.5 Å². The maximum Gasteiger partial charge on any atom is 0.323 e. The first kappa shape index (κ1) is 13.8. The van der Waals surface area contributed by atoms with Crippen molar-refractivity contribution in [3.8, 4) is 5.75 Å². The van der Waals surface area contributed by atoms with Gasteiger partial charge in [-0.1, -0.05) is 12.1 Å². The molecule has 0 aromatic heterocycles. The van der Waals surface area contributed by atoms with Crippen molar-refractivity contribution >= 4 is 17.6 Å². The molecule has 5 heteroatoms. The first-order valence-corrected chi connectivity index (χ1v) is 5.82. The van der Waals surface area contributed by atoms with Crippen molar-refractivity contribution in [2.75, 3.05) is 19.6 Å². The average molecular weight is 258 g/mol. The molecule has 0 aliphatic rings. The van der Waals surface area contributed by atoms with Crippen LogP contribution in [0, 0.1) is 0 Å². The van der Waals surface area contributed by atoms with E-state index in [1.165, 1.54) is 0 Å². The lowest BCUT2D eigenvalue weighted by molar-refractivity contribution is -0.144. The highest BCUT2D eigenvalue weighted by molar-refractivity contribution is 6.18. The zero-order valence-electron chi connectivity index (χ0n) is 9.69. The molecule has 17 heavy (non-hydrogen) atoms. The number of ether oxygens (including phenoxy) is 2. The summed E-state index contributed by atoms with van der Waals surface area (Å²) in [5.74, 6) is 0.620. The first-order chi connectivity index (χ1) is 8.17. The van der Waals surface area contributed by atoms with Gasteiger partial charge in [0.2, 0.25) is 0 Å². The van der Waals surface area contributed by atoms with Crippen molar-refractivity contribution < 1.29 is 14.3 Å². The molecule has 0 heterocycles. The van der Waals surface area contributed by atoms with E-state index in [-0.39, 0.29) is 12.5 Å². The van der Waals surface area contributed by atoms with E-state index in [0.29, 0.717) is 6.42 Å². The van der Waals surface area contributed by atoms with E-state index >= 15 is 0 Å². The van der Waals surface area contributed by atoms with Crippen LogP contribution < -0.4 is 10.5 Å². The highest BCUT2D eigenvalue weighted by atomic mass is 35.5. The third-order valence-electron chi connectivity index (χ3n) is 2.24. The van der Waals surface area contributed by atoms with E-state index < -0.39 is 12.0 Å². The molecule has 0 aliphatic carbocycles. The number of hydrogen-bond donors (Lipinski definition) is 1. The summed E-state index contributed by atoms with van der Waals surface area (Å²) in [6.45, 7) is 0.191. The topological polar surface area (TPSA) is 61.5 Å². The van der Waals surface area contributed by atoms with Gasteiger partial charge in [-0.2, -0.15) is 0 Å². The van der Waals surface area contributed by atoms with Gasteiger partial charge in [0, 0.05) is 0 Å². The van der Waals surface area contributed by atoms with Crippen LogP contribution in [0.2, 0.25) is 0 Å². The van der Waals surface area contributed by atoms with Crippen molar-refractivity contribution in [3.63, 3.8) is 0 Å². The molecule has 1 rings (SSSR count). The number of methoxy groups -OCH3 is 1. The maximum atomic E-state index is 11.4. The van der Waals surface area contributed by atoms with Gasteiger partial charge >= 0.3 is 5.97 Å². The van der Waals surface area contributed by atoms with E-state index in [2.05, 4.69) is 0 Å². The second-order valence-electron chi connectivity index (χ2n) is 3.52. The first-order valence-electron chi connectivity index (χ1n) is 5.28. The predicted molar refractivity (Wildman–Crippen MR) is 66.4 cm³/mol. The lowest BCUT2D eigenvalue weighted by Crippen LogP contribution is -2.34. The third-order valence-corrected chi connectivity index (χ3v) is 2.39. The Bertz CT molecular complexity index is 353. The zero-order chi connectivity index (χ0) is 12.7. The third kappa shape index (κ3) is 4.63. The summed E-state index contributed by atoms with van der Waals surface area (Å²) < 4.78 is 9.89. The van der Waals surface area contributed by atoms with Crippen LogP contribution in [0.3, 0.4) is 0 Å². The predicted octanol–water partition coefficient (Wildman–Crippen LogP) is 1.35. The Hall–Kier alpha value is -1.26. The summed E-state index contributed by atoms with van der Waals surface area (Å²) in [5, 5.41) is 0. The standard InChI is InChI=1S/C12H16ClNO3/c1-16-10-4-2-9(3-5-10)8-11(14)12(15)17-7-6-13/h2-5,11H,6-8,14H2,1H3/t11-/m0/s1. The molecule has 4 nitrogen and oxygen atoms in total. The number of benzene rings is 1. The van der Waals surface area contributed by atoms with Gasteiger partial charge in [-0.3, -0.25) is 4.79 Å². The fourth-order valence-corrected chi connectivity index (χ4v) is 1.42. The van der Waals surface area contributed by atoms with Crippen LogP contribution in [-0.2, 0) is 16.0 Å². The van der Waals surface area contributed by atoms with Crippen molar-refractivity contribution in [3.05, 3.63) is 29.8 Å². The van der Waals surface area contributed by atoms with Crippen LogP contribution in [0.25, 0.3) is 0 Å². The second kappa shape index (κ2) is 7.14. The normalized spacial score (nSPS) is 11.9. The molecule has 0 radical (unpaired) electrons. The van der Waals surface area contributed by atoms with Crippen LogP contribution in [0.4, 0.5) is 0 Å². The van der Waals surface area contributed by atoms with Crippen LogP contribution >= 0.6 is 11.6 Å². The molecular weight excluding hydrogens is 242 g/mol. The summed E-state index contributed by atoms with van der Waals surface area (Å²) in [6.07, 6.45) is 0.436. The van der Waals surface area contributed by atoms with Crippen molar-refractivity contribution in [2.24, 2.45) is 5.73 Å². The number of carbonyl (C=O) groups excluding carboxylic acids is 1. The lowest BCUT2D eigenvalue weighted by Gasteiger charge is -2.11. The summed E-state index contributed by atoms with van der Waals surface area (Å²) in [4.78, 5) is 11.4. The van der Waals surface area contributed by atoms with Gasteiger partial charge in [-0.25, -0.2) is 0 Å². The number of hydrogen-bond acceptors (Lipinski definition) is 4. The number of alkyl halides is 1. The highest BCUT2D eigenvalue weighted by Crippen LogP contribution is 2.12. The smallest absolute Gasteiger partial charge is 0.323 e. The molecule has 0 saturated heterocycles. The molecule has 0 spiro atoms. The lowest BCUT2D eigenvalue weighted by atomic mass is 10.1. The van der Waals surface area contributed by atoms with Gasteiger partial charge < -0.3 is 15.2 Å². The molecule has 0 amide bonds. The number of carbonyl (C=O) groups is 1. The van der Waals surface area contributed by atoms with Gasteiger partial charge in [-0.05, 0) is 24.1 Å². The Kier molecular flexibility index (Phi) is 5.80. The molecule has 0 saturated carbocycles. The minimum absolute atomic E-state index is 0.191. The summed E-state index contributed by atoms with van der Waals surface area (Å²) >= 11 is 5.41. The van der Waals surface area contributed by atoms with Crippen molar-refractivity contribution in [1.29, 1.82) is 0 Å². The zero-order valence-corrected chi connectivity index (χ0v) is 10.4. The average Bonchev–Trinajstić information content (AvgIpc) is 2.36. The number of rotatable bonds is 6. The van der Waals surface area contributed by atoms with E-state index in [1.54, 1.807) is 7.11 Å². The molecule has 1 aromatic rings. The number of esters is 1. The Morgan fingerprint density at radius 2 is 2.06 bits per heavy atom. The molecular formula is C12H16ClNO3. The fourth-order valence-electron chi connectivity index (χ4n) is 1.35. The fraction of sp³-hybridized carbons (Fsp3) is 0.417. The molecule has 94 valence electrons. The Balaban J connectivity index is 2.49. The van der Waals surface area contributed by atoms with Gasteiger partial charge in [0.1, 0.15) is 18.4 Å². The Morgan fingerprint density at radius 3 is 2.59 bits per heavy atom.